The lowest BCUT2D eigenvalue weighted by Gasteiger charge is -2.07. The van der Waals surface area contributed by atoms with Gasteiger partial charge in [0.05, 0.1) is 5.56 Å². The van der Waals surface area contributed by atoms with Crippen LogP contribution in [-0.4, -0.2) is 18.4 Å². The molecule has 1 aromatic rings. The lowest BCUT2D eigenvalue weighted by molar-refractivity contribution is -0.118. The standard InChI is InChI=1S/C12H17N3O2/c1-8-4-5-10(13)9(7-8)12(17)15-6-2-3-11(14)16/h4-5,7H,2-3,6,13H2,1H3,(H2,14,16)(H,15,17). The van der Waals surface area contributed by atoms with E-state index in [1.807, 2.05) is 13.0 Å². The Morgan fingerprint density at radius 1 is 1.35 bits per heavy atom. The van der Waals surface area contributed by atoms with Gasteiger partial charge >= 0.3 is 0 Å². The summed E-state index contributed by atoms with van der Waals surface area (Å²) >= 11 is 0. The van der Waals surface area contributed by atoms with Gasteiger partial charge in [0.15, 0.2) is 0 Å². The van der Waals surface area contributed by atoms with E-state index < -0.39 is 0 Å². The topological polar surface area (TPSA) is 98.2 Å². The van der Waals surface area contributed by atoms with E-state index in [9.17, 15) is 9.59 Å². The van der Waals surface area contributed by atoms with Crippen LogP contribution in [0.1, 0.15) is 28.8 Å². The fraction of sp³-hybridized carbons (Fsp3) is 0.333. The lowest BCUT2D eigenvalue weighted by atomic mass is 10.1. The van der Waals surface area contributed by atoms with Crippen LogP contribution in [0.4, 0.5) is 5.69 Å². The van der Waals surface area contributed by atoms with Crippen molar-refractivity contribution in [3.8, 4) is 0 Å². The minimum absolute atomic E-state index is 0.226. The highest BCUT2D eigenvalue weighted by Gasteiger charge is 2.09. The summed E-state index contributed by atoms with van der Waals surface area (Å²) in [5.74, 6) is -0.593. The van der Waals surface area contributed by atoms with Gasteiger partial charge in [-0.05, 0) is 25.5 Å². The van der Waals surface area contributed by atoms with Gasteiger partial charge in [-0.1, -0.05) is 11.6 Å². The van der Waals surface area contributed by atoms with Crippen molar-refractivity contribution in [2.45, 2.75) is 19.8 Å². The van der Waals surface area contributed by atoms with Crippen molar-refractivity contribution >= 4 is 17.5 Å². The molecular formula is C12H17N3O2. The van der Waals surface area contributed by atoms with Gasteiger partial charge in [0.25, 0.3) is 5.91 Å². The third-order valence-corrected chi connectivity index (χ3v) is 2.34. The Balaban J connectivity index is 2.52. The highest BCUT2D eigenvalue weighted by atomic mass is 16.2. The van der Waals surface area contributed by atoms with Crippen molar-refractivity contribution in [1.82, 2.24) is 5.32 Å². The molecule has 0 radical (unpaired) electrons. The molecule has 1 rings (SSSR count). The second-order valence-electron chi connectivity index (χ2n) is 3.92. The molecule has 0 saturated carbocycles. The number of nitrogens with one attached hydrogen (secondary N) is 1. The fourth-order valence-electron chi connectivity index (χ4n) is 1.43. The van der Waals surface area contributed by atoms with Crippen LogP contribution in [-0.2, 0) is 4.79 Å². The molecule has 92 valence electrons. The smallest absolute Gasteiger partial charge is 0.253 e. The lowest BCUT2D eigenvalue weighted by Crippen LogP contribution is -2.26. The Morgan fingerprint density at radius 2 is 2.06 bits per heavy atom. The SMILES string of the molecule is Cc1ccc(N)c(C(=O)NCCCC(N)=O)c1. The molecule has 1 aromatic carbocycles. The second kappa shape index (κ2) is 5.89. The quantitative estimate of drug-likeness (QED) is 0.514. The zero-order valence-electron chi connectivity index (χ0n) is 9.82. The number of carbonyl (C=O) groups excluding carboxylic acids is 2. The fourth-order valence-corrected chi connectivity index (χ4v) is 1.43. The van der Waals surface area contributed by atoms with Gasteiger partial charge in [-0.15, -0.1) is 0 Å². The summed E-state index contributed by atoms with van der Waals surface area (Å²) in [6, 6.07) is 5.28. The van der Waals surface area contributed by atoms with Crippen LogP contribution in [0.25, 0.3) is 0 Å². The predicted molar refractivity (Wildman–Crippen MR) is 66.4 cm³/mol. The second-order valence-corrected chi connectivity index (χ2v) is 3.92. The van der Waals surface area contributed by atoms with E-state index >= 15 is 0 Å². The summed E-state index contributed by atoms with van der Waals surface area (Å²) in [6.07, 6.45) is 0.802. The third kappa shape index (κ3) is 4.14. The van der Waals surface area contributed by atoms with Crippen molar-refractivity contribution in [2.75, 3.05) is 12.3 Å². The number of hydrogen-bond donors (Lipinski definition) is 3. The predicted octanol–water partition coefficient (Wildman–Crippen LogP) is 0.573. The number of nitrogen functional groups attached to an aromatic ring is 1. The van der Waals surface area contributed by atoms with Crippen LogP contribution in [0.3, 0.4) is 0 Å². The molecule has 0 unspecified atom stereocenters. The molecule has 2 amide bonds. The summed E-state index contributed by atoms with van der Waals surface area (Å²) in [5, 5.41) is 2.70. The monoisotopic (exact) mass is 235 g/mol. The normalized spacial score (nSPS) is 9.94. The number of hydrogen-bond acceptors (Lipinski definition) is 3. The summed E-state index contributed by atoms with van der Waals surface area (Å²) in [5.41, 5.74) is 12.6. The van der Waals surface area contributed by atoms with Gasteiger partial charge in [0, 0.05) is 18.7 Å². The molecule has 0 aromatic heterocycles. The maximum absolute atomic E-state index is 11.8. The molecule has 0 aliphatic heterocycles. The molecule has 0 bridgehead atoms. The number of benzene rings is 1. The number of rotatable bonds is 5. The Morgan fingerprint density at radius 3 is 2.71 bits per heavy atom. The minimum atomic E-state index is -0.366. The summed E-state index contributed by atoms with van der Waals surface area (Å²) in [6.45, 7) is 2.30. The molecular weight excluding hydrogens is 218 g/mol. The van der Waals surface area contributed by atoms with Gasteiger partial charge in [-0.3, -0.25) is 9.59 Å². The highest BCUT2D eigenvalue weighted by Crippen LogP contribution is 2.13. The van der Waals surface area contributed by atoms with Crippen molar-refractivity contribution in [3.05, 3.63) is 29.3 Å². The molecule has 0 heterocycles. The number of amides is 2. The van der Waals surface area contributed by atoms with Crippen molar-refractivity contribution in [1.29, 1.82) is 0 Å². The Hall–Kier alpha value is -2.04. The molecule has 17 heavy (non-hydrogen) atoms. The van der Waals surface area contributed by atoms with E-state index in [2.05, 4.69) is 5.32 Å². The molecule has 5 N–H and O–H groups in total. The average Bonchev–Trinajstić information content (AvgIpc) is 2.27. The van der Waals surface area contributed by atoms with Gasteiger partial charge in [0.1, 0.15) is 0 Å². The molecule has 0 aliphatic carbocycles. The van der Waals surface area contributed by atoms with Crippen LogP contribution in [0.2, 0.25) is 0 Å². The Bertz CT molecular complexity index is 430. The van der Waals surface area contributed by atoms with Crippen molar-refractivity contribution in [3.63, 3.8) is 0 Å². The van der Waals surface area contributed by atoms with Gasteiger partial charge in [-0.2, -0.15) is 0 Å². The zero-order valence-corrected chi connectivity index (χ0v) is 9.82. The van der Waals surface area contributed by atoms with Crippen LogP contribution < -0.4 is 16.8 Å². The number of primary amides is 1. The largest absolute Gasteiger partial charge is 0.398 e. The Labute approximate surface area is 100 Å². The molecule has 0 fully saturated rings. The molecule has 5 nitrogen and oxygen atoms in total. The van der Waals surface area contributed by atoms with E-state index in [1.54, 1.807) is 12.1 Å². The van der Waals surface area contributed by atoms with Gasteiger partial charge < -0.3 is 16.8 Å². The van der Waals surface area contributed by atoms with Crippen LogP contribution in [0.15, 0.2) is 18.2 Å². The van der Waals surface area contributed by atoms with E-state index in [1.165, 1.54) is 0 Å². The number of anilines is 1. The zero-order chi connectivity index (χ0) is 12.8. The van der Waals surface area contributed by atoms with E-state index in [4.69, 9.17) is 11.5 Å². The van der Waals surface area contributed by atoms with Crippen molar-refractivity contribution in [2.24, 2.45) is 5.73 Å². The molecule has 0 aliphatic rings. The molecule has 5 heteroatoms. The molecule has 0 atom stereocenters. The molecule has 0 saturated heterocycles. The third-order valence-electron chi connectivity index (χ3n) is 2.34. The highest BCUT2D eigenvalue weighted by molar-refractivity contribution is 5.99. The maximum atomic E-state index is 11.8. The first-order valence-electron chi connectivity index (χ1n) is 5.43. The number of carbonyl (C=O) groups is 2. The summed E-state index contributed by atoms with van der Waals surface area (Å²) in [4.78, 5) is 22.3. The summed E-state index contributed by atoms with van der Waals surface area (Å²) < 4.78 is 0. The van der Waals surface area contributed by atoms with Crippen LogP contribution in [0.5, 0.6) is 0 Å². The van der Waals surface area contributed by atoms with E-state index in [0.29, 0.717) is 24.2 Å². The minimum Gasteiger partial charge on any atom is -0.398 e. The number of aryl methyl sites for hydroxylation is 1. The van der Waals surface area contributed by atoms with E-state index in [0.717, 1.165) is 5.56 Å². The van der Waals surface area contributed by atoms with Crippen LogP contribution >= 0.6 is 0 Å². The molecule has 0 spiro atoms. The number of nitrogens with two attached hydrogens (primary N) is 2. The first kappa shape index (κ1) is 13.0. The first-order chi connectivity index (χ1) is 8.00. The van der Waals surface area contributed by atoms with Gasteiger partial charge in [0.2, 0.25) is 5.91 Å². The first-order valence-corrected chi connectivity index (χ1v) is 5.43. The van der Waals surface area contributed by atoms with Crippen LogP contribution in [0, 0.1) is 6.92 Å². The Kier molecular flexibility index (Phi) is 4.51. The summed E-state index contributed by atoms with van der Waals surface area (Å²) in [7, 11) is 0. The average molecular weight is 235 g/mol. The van der Waals surface area contributed by atoms with Crippen molar-refractivity contribution < 1.29 is 9.59 Å². The van der Waals surface area contributed by atoms with E-state index in [-0.39, 0.29) is 18.2 Å². The maximum Gasteiger partial charge on any atom is 0.253 e. The van der Waals surface area contributed by atoms with Gasteiger partial charge in [-0.25, -0.2) is 0 Å².